The van der Waals surface area contributed by atoms with E-state index >= 15 is 0 Å². The van der Waals surface area contributed by atoms with E-state index in [4.69, 9.17) is 31.2 Å². The first-order valence-corrected chi connectivity index (χ1v) is 12.4. The highest BCUT2D eigenvalue weighted by Crippen LogP contribution is 2.29. The number of imidazole rings is 1. The van der Waals surface area contributed by atoms with Gasteiger partial charge >= 0.3 is 17.8 Å². The number of ether oxygens (including phenoxy) is 1. The number of para-hydroxylation sites is 2. The molecule has 1 saturated heterocycles. The number of hydrogen-bond acceptors (Lipinski definition) is 7. The Labute approximate surface area is 229 Å². The predicted molar refractivity (Wildman–Crippen MR) is 142 cm³/mol. The Morgan fingerprint density at radius 1 is 1.05 bits per heavy atom. The number of hydrogen-bond donors (Lipinski definition) is 3. The second-order valence-corrected chi connectivity index (χ2v) is 8.89. The number of halogens is 4. The molecular formula is C25H24ClF3N6O5. The minimum absolute atomic E-state index is 0.224. The lowest BCUT2D eigenvalue weighted by atomic mass is 10.3. The zero-order chi connectivity index (χ0) is 28.9. The van der Waals surface area contributed by atoms with E-state index in [0.29, 0.717) is 41.1 Å². The molecule has 4 aromatic rings. The maximum Gasteiger partial charge on any atom is 0.490 e. The third-order valence-electron chi connectivity index (χ3n) is 5.84. The van der Waals surface area contributed by atoms with Crippen molar-refractivity contribution >= 4 is 34.7 Å². The summed E-state index contributed by atoms with van der Waals surface area (Å²) in [6.45, 7) is 3.48. The number of anilines is 1. The number of alkyl halides is 3. The highest BCUT2D eigenvalue weighted by atomic mass is 35.5. The third kappa shape index (κ3) is 6.46. The maximum absolute atomic E-state index is 13.0. The fourth-order valence-electron chi connectivity index (χ4n) is 4.03. The number of nitrogens with one attached hydrogen (secondary N) is 2. The van der Waals surface area contributed by atoms with E-state index in [-0.39, 0.29) is 18.7 Å². The van der Waals surface area contributed by atoms with Gasteiger partial charge in [0.05, 0.1) is 17.3 Å². The molecule has 40 heavy (non-hydrogen) atoms. The Bertz CT molecular complexity index is 1600. The summed E-state index contributed by atoms with van der Waals surface area (Å²) in [5, 5.41) is 10.9. The molecule has 0 saturated carbocycles. The van der Waals surface area contributed by atoms with E-state index in [1.54, 1.807) is 10.6 Å². The van der Waals surface area contributed by atoms with Crippen LogP contribution >= 0.6 is 11.6 Å². The van der Waals surface area contributed by atoms with Gasteiger partial charge in [-0.3, -0.25) is 18.9 Å². The lowest BCUT2D eigenvalue weighted by Gasteiger charge is -2.28. The van der Waals surface area contributed by atoms with Crippen LogP contribution in [0.1, 0.15) is 0 Å². The van der Waals surface area contributed by atoms with Gasteiger partial charge in [-0.2, -0.15) is 18.2 Å². The largest absolute Gasteiger partial charge is 0.492 e. The summed E-state index contributed by atoms with van der Waals surface area (Å²) in [6.07, 6.45) is -5.08. The number of rotatable bonds is 6. The lowest BCUT2D eigenvalue weighted by Crippen LogP contribution is -2.44. The summed E-state index contributed by atoms with van der Waals surface area (Å²) >= 11 is 6.52. The van der Waals surface area contributed by atoms with Crippen LogP contribution in [-0.2, 0) is 11.3 Å². The number of benzene rings is 2. The van der Waals surface area contributed by atoms with E-state index in [0.717, 1.165) is 13.1 Å². The van der Waals surface area contributed by atoms with E-state index < -0.39 is 23.4 Å². The first kappa shape index (κ1) is 28.7. The van der Waals surface area contributed by atoms with E-state index in [9.17, 15) is 22.8 Å². The molecule has 1 fully saturated rings. The smallest absolute Gasteiger partial charge is 0.490 e. The Morgan fingerprint density at radius 3 is 2.30 bits per heavy atom. The van der Waals surface area contributed by atoms with Crippen LogP contribution < -0.4 is 26.2 Å². The zero-order valence-corrected chi connectivity index (χ0v) is 21.6. The average Bonchev–Trinajstić information content (AvgIpc) is 3.32. The Balaban J connectivity index is 0.000000470. The molecular weight excluding hydrogens is 557 g/mol. The molecule has 0 atom stereocenters. The van der Waals surface area contributed by atoms with Crippen molar-refractivity contribution in [3.05, 3.63) is 80.5 Å². The lowest BCUT2D eigenvalue weighted by molar-refractivity contribution is -0.192. The van der Waals surface area contributed by atoms with Crippen LogP contribution in [0.3, 0.4) is 0 Å². The van der Waals surface area contributed by atoms with Crippen molar-refractivity contribution in [2.75, 3.05) is 37.7 Å². The maximum atomic E-state index is 13.0. The van der Waals surface area contributed by atoms with Crippen LogP contribution in [0.5, 0.6) is 5.75 Å². The van der Waals surface area contributed by atoms with Crippen LogP contribution in [-0.4, -0.2) is 69.1 Å². The molecule has 1 aliphatic rings. The minimum atomic E-state index is -5.08. The number of carboxylic acid groups (broad SMARTS) is 1. The van der Waals surface area contributed by atoms with Crippen LogP contribution in [0, 0.1) is 0 Å². The summed E-state index contributed by atoms with van der Waals surface area (Å²) < 4.78 is 40.7. The second kappa shape index (κ2) is 12.3. The van der Waals surface area contributed by atoms with Gasteiger partial charge < -0.3 is 20.1 Å². The number of piperazine rings is 1. The molecule has 0 amide bonds. The molecule has 212 valence electrons. The van der Waals surface area contributed by atoms with Gasteiger partial charge in [0.2, 0.25) is 5.95 Å². The number of carboxylic acids is 1. The molecule has 5 rings (SSSR count). The van der Waals surface area contributed by atoms with Crippen LogP contribution in [0.15, 0.2) is 64.2 Å². The highest BCUT2D eigenvalue weighted by molar-refractivity contribution is 6.32. The number of aliphatic carboxylic acids is 1. The summed E-state index contributed by atoms with van der Waals surface area (Å²) in [5.41, 5.74) is 0.167. The average molecular weight is 581 g/mol. The van der Waals surface area contributed by atoms with Gasteiger partial charge in [-0.05, 0) is 24.3 Å². The molecule has 0 radical (unpaired) electrons. The number of nitrogens with zero attached hydrogens (tertiary/aromatic N) is 4. The van der Waals surface area contributed by atoms with Crippen molar-refractivity contribution in [1.29, 1.82) is 0 Å². The number of carbonyl (C=O) groups is 1. The topological polar surface area (TPSA) is 134 Å². The fraction of sp³-hybridized carbons (Fsp3) is 0.280. The third-order valence-corrected chi connectivity index (χ3v) is 6.16. The summed E-state index contributed by atoms with van der Waals surface area (Å²) in [6, 6.07) is 16.6. The molecule has 11 nitrogen and oxygen atoms in total. The minimum Gasteiger partial charge on any atom is -0.492 e. The van der Waals surface area contributed by atoms with Gasteiger partial charge in [-0.25, -0.2) is 9.59 Å². The van der Waals surface area contributed by atoms with Crippen molar-refractivity contribution in [1.82, 2.24) is 24.4 Å². The quantitative estimate of drug-likeness (QED) is 0.317. The van der Waals surface area contributed by atoms with Crippen molar-refractivity contribution in [3.63, 3.8) is 0 Å². The molecule has 15 heteroatoms. The molecule has 1 aliphatic heterocycles. The van der Waals surface area contributed by atoms with E-state index in [1.165, 1.54) is 4.57 Å². The zero-order valence-electron chi connectivity index (χ0n) is 20.8. The second-order valence-electron chi connectivity index (χ2n) is 8.48. The van der Waals surface area contributed by atoms with Crippen molar-refractivity contribution in [3.8, 4) is 11.4 Å². The van der Waals surface area contributed by atoms with Crippen LogP contribution in [0.2, 0.25) is 5.02 Å². The Hall–Kier alpha value is -4.30. The SMILES string of the molecule is O=C(O)C(F)(F)F.O=c1[nH]c(=O)n(CCOc2ccccc2)c2nc(N3CCNCC3)n(-c3ccccc3Cl)c12. The Kier molecular flexibility index (Phi) is 8.80. The first-order chi connectivity index (χ1) is 19.1. The van der Waals surface area contributed by atoms with Crippen LogP contribution in [0.25, 0.3) is 16.9 Å². The van der Waals surface area contributed by atoms with E-state index in [1.807, 2.05) is 48.5 Å². The molecule has 0 unspecified atom stereocenters. The molecule has 2 aromatic carbocycles. The van der Waals surface area contributed by atoms with Crippen molar-refractivity contribution in [2.24, 2.45) is 0 Å². The number of aromatic nitrogens is 4. The van der Waals surface area contributed by atoms with Gasteiger partial charge in [-0.1, -0.05) is 41.9 Å². The fourth-order valence-corrected chi connectivity index (χ4v) is 4.25. The summed E-state index contributed by atoms with van der Waals surface area (Å²) in [5.74, 6) is -1.48. The van der Waals surface area contributed by atoms with Crippen molar-refractivity contribution < 1.29 is 27.8 Å². The monoisotopic (exact) mass is 580 g/mol. The number of H-pyrrole nitrogens is 1. The molecule has 0 bridgehead atoms. The van der Waals surface area contributed by atoms with Gasteiger partial charge in [-0.15, -0.1) is 0 Å². The number of aromatic amines is 1. The summed E-state index contributed by atoms with van der Waals surface area (Å²) in [7, 11) is 0. The summed E-state index contributed by atoms with van der Waals surface area (Å²) in [4.78, 5) is 44.0. The van der Waals surface area contributed by atoms with Gasteiger partial charge in [0.15, 0.2) is 11.2 Å². The van der Waals surface area contributed by atoms with Crippen molar-refractivity contribution in [2.45, 2.75) is 12.7 Å². The molecule has 3 N–H and O–H groups in total. The van der Waals surface area contributed by atoms with Crippen LogP contribution in [0.4, 0.5) is 19.1 Å². The van der Waals surface area contributed by atoms with Gasteiger partial charge in [0.25, 0.3) is 5.56 Å². The normalized spacial score (nSPS) is 13.6. The van der Waals surface area contributed by atoms with Gasteiger partial charge in [0.1, 0.15) is 12.4 Å². The molecule has 0 aliphatic carbocycles. The predicted octanol–water partition coefficient (Wildman–Crippen LogP) is 2.65. The highest BCUT2D eigenvalue weighted by Gasteiger charge is 2.38. The molecule has 3 heterocycles. The van der Waals surface area contributed by atoms with E-state index in [2.05, 4.69) is 15.2 Å². The molecule has 0 spiro atoms. The number of fused-ring (bicyclic) bond motifs is 1. The standard InChI is InChI=1S/C23H23ClN6O3.C2HF3O2/c24-17-8-4-5-9-18(17)30-19-20(26-22(30)28-12-10-25-11-13-28)29(23(32)27-21(19)31)14-15-33-16-6-2-1-3-7-16;3-2(4,5)1(6)7/h1-9,25H,10-15H2,(H,27,31,32);(H,6,7). The first-order valence-electron chi connectivity index (χ1n) is 12.0. The molecule has 2 aromatic heterocycles. The Morgan fingerprint density at radius 2 is 1.68 bits per heavy atom. The van der Waals surface area contributed by atoms with Gasteiger partial charge in [0, 0.05) is 26.2 Å².